The first-order valence-electron chi connectivity index (χ1n) is 6.56. The summed E-state index contributed by atoms with van der Waals surface area (Å²) in [5, 5.41) is 3.87. The minimum Gasteiger partial charge on any atom is -0.399 e. The maximum absolute atomic E-state index is 6.28. The van der Waals surface area contributed by atoms with Gasteiger partial charge in [0.2, 0.25) is 0 Å². The van der Waals surface area contributed by atoms with Crippen molar-refractivity contribution >= 4 is 24.2 Å². The highest BCUT2D eigenvalue weighted by molar-refractivity contribution is 6.63. The first kappa shape index (κ1) is 14.9. The number of hydrogen-bond donors (Lipinski definition) is 1. The van der Waals surface area contributed by atoms with Gasteiger partial charge in [-0.05, 0) is 51.8 Å². The Bertz CT molecular complexity index is 461. The predicted molar refractivity (Wildman–Crippen MR) is 79.9 cm³/mol. The van der Waals surface area contributed by atoms with Crippen LogP contribution in [0.5, 0.6) is 0 Å². The molecule has 0 atom stereocenters. The van der Waals surface area contributed by atoms with Gasteiger partial charge < -0.3 is 14.6 Å². The van der Waals surface area contributed by atoms with Crippen molar-refractivity contribution in [1.29, 1.82) is 0 Å². The van der Waals surface area contributed by atoms with Crippen LogP contribution in [0, 0.1) is 0 Å². The Morgan fingerprint density at radius 2 is 1.74 bits per heavy atom. The van der Waals surface area contributed by atoms with E-state index in [9.17, 15) is 0 Å². The molecule has 0 bridgehead atoms. The van der Waals surface area contributed by atoms with E-state index < -0.39 is 0 Å². The molecule has 1 aliphatic rings. The fourth-order valence-electron chi connectivity index (χ4n) is 2.13. The van der Waals surface area contributed by atoms with Crippen molar-refractivity contribution in [2.45, 2.75) is 45.4 Å². The summed E-state index contributed by atoms with van der Waals surface area (Å²) in [6.07, 6.45) is 0. The summed E-state index contributed by atoms with van der Waals surface area (Å²) in [6.45, 7) is 8.90. The number of halogens is 1. The second kappa shape index (κ2) is 5.10. The fourth-order valence-corrected chi connectivity index (χ4v) is 2.38. The van der Waals surface area contributed by atoms with Gasteiger partial charge in [-0.15, -0.1) is 0 Å². The Hall–Kier alpha value is -0.545. The Morgan fingerprint density at radius 1 is 1.16 bits per heavy atom. The quantitative estimate of drug-likeness (QED) is 0.863. The van der Waals surface area contributed by atoms with Gasteiger partial charge in [0.05, 0.1) is 11.2 Å². The number of benzene rings is 1. The number of hydrogen-bond acceptors (Lipinski definition) is 3. The molecule has 5 heteroatoms. The molecule has 0 spiro atoms. The van der Waals surface area contributed by atoms with Gasteiger partial charge in [-0.3, -0.25) is 0 Å². The van der Waals surface area contributed by atoms with Gasteiger partial charge in [0.15, 0.2) is 0 Å². The van der Waals surface area contributed by atoms with E-state index in [1.807, 2.05) is 25.2 Å². The summed E-state index contributed by atoms with van der Waals surface area (Å²) in [4.78, 5) is 0. The maximum Gasteiger partial charge on any atom is 0.495 e. The van der Waals surface area contributed by atoms with Gasteiger partial charge in [-0.25, -0.2) is 0 Å². The Morgan fingerprint density at radius 3 is 2.26 bits per heavy atom. The Kier molecular flexibility index (Phi) is 3.98. The SMILES string of the molecule is CNCc1c(Cl)cccc1B1OC(C)(C)C(C)(C)O1. The van der Waals surface area contributed by atoms with Gasteiger partial charge in [0, 0.05) is 11.6 Å². The molecule has 3 nitrogen and oxygen atoms in total. The van der Waals surface area contributed by atoms with Crippen molar-refractivity contribution in [3.8, 4) is 0 Å². The standard InChI is InChI=1S/C14H21BClNO2/c1-13(2)14(3,4)19-15(18-13)11-7-6-8-12(16)10(11)9-17-5/h6-8,17H,9H2,1-5H3. The molecule has 0 amide bonds. The molecule has 2 rings (SSSR count). The normalized spacial score (nSPS) is 20.8. The lowest BCUT2D eigenvalue weighted by atomic mass is 9.76. The molecule has 0 unspecified atom stereocenters. The third kappa shape index (κ3) is 2.68. The molecule has 0 radical (unpaired) electrons. The zero-order valence-electron chi connectivity index (χ0n) is 12.2. The van der Waals surface area contributed by atoms with Crippen LogP contribution in [0.1, 0.15) is 33.3 Å². The Labute approximate surface area is 120 Å². The van der Waals surface area contributed by atoms with E-state index in [0.29, 0.717) is 6.54 Å². The summed E-state index contributed by atoms with van der Waals surface area (Å²) in [6, 6.07) is 5.84. The van der Waals surface area contributed by atoms with E-state index >= 15 is 0 Å². The zero-order valence-corrected chi connectivity index (χ0v) is 13.0. The van der Waals surface area contributed by atoms with Crippen molar-refractivity contribution in [1.82, 2.24) is 5.32 Å². The lowest BCUT2D eigenvalue weighted by Gasteiger charge is -2.32. The van der Waals surface area contributed by atoms with Crippen molar-refractivity contribution in [2.24, 2.45) is 0 Å². The lowest BCUT2D eigenvalue weighted by Crippen LogP contribution is -2.41. The first-order valence-corrected chi connectivity index (χ1v) is 6.94. The van der Waals surface area contributed by atoms with Crippen molar-refractivity contribution in [2.75, 3.05) is 7.05 Å². The summed E-state index contributed by atoms with van der Waals surface area (Å²) in [7, 11) is 1.53. The van der Waals surface area contributed by atoms with E-state index in [-0.39, 0.29) is 18.3 Å². The highest BCUT2D eigenvalue weighted by Crippen LogP contribution is 2.37. The van der Waals surface area contributed by atoms with Gasteiger partial charge in [-0.2, -0.15) is 0 Å². The van der Waals surface area contributed by atoms with Crippen LogP contribution in [-0.4, -0.2) is 25.4 Å². The second-order valence-electron chi connectivity index (χ2n) is 5.93. The molecule has 1 aromatic carbocycles. The Balaban J connectivity index is 2.37. The molecule has 1 N–H and O–H groups in total. The molecule has 1 heterocycles. The molecule has 0 aromatic heterocycles. The van der Waals surface area contributed by atoms with E-state index in [4.69, 9.17) is 20.9 Å². The number of nitrogens with one attached hydrogen (secondary N) is 1. The lowest BCUT2D eigenvalue weighted by molar-refractivity contribution is 0.00578. The third-order valence-corrected chi connectivity index (χ3v) is 4.37. The van der Waals surface area contributed by atoms with E-state index in [1.54, 1.807) is 0 Å². The topological polar surface area (TPSA) is 30.5 Å². The second-order valence-corrected chi connectivity index (χ2v) is 6.33. The summed E-state index contributed by atoms with van der Waals surface area (Å²) in [5.41, 5.74) is 1.36. The fraction of sp³-hybridized carbons (Fsp3) is 0.571. The van der Waals surface area contributed by atoms with Crippen LogP contribution in [0.15, 0.2) is 18.2 Å². The van der Waals surface area contributed by atoms with Crippen LogP contribution >= 0.6 is 11.6 Å². The van der Waals surface area contributed by atoms with Crippen LogP contribution in [0.4, 0.5) is 0 Å². The largest absolute Gasteiger partial charge is 0.495 e. The molecule has 104 valence electrons. The molecule has 0 aliphatic carbocycles. The van der Waals surface area contributed by atoms with Gasteiger partial charge in [0.1, 0.15) is 0 Å². The van der Waals surface area contributed by atoms with Crippen LogP contribution < -0.4 is 10.8 Å². The predicted octanol–water partition coefficient (Wildman–Crippen LogP) is 2.36. The van der Waals surface area contributed by atoms with Crippen LogP contribution in [0.2, 0.25) is 5.02 Å². The average molecular weight is 282 g/mol. The average Bonchev–Trinajstić information content (AvgIpc) is 2.51. The summed E-state index contributed by atoms with van der Waals surface area (Å²) >= 11 is 6.28. The van der Waals surface area contributed by atoms with Gasteiger partial charge in [-0.1, -0.05) is 23.7 Å². The smallest absolute Gasteiger partial charge is 0.399 e. The minimum absolute atomic E-state index is 0.336. The molecular formula is C14H21BClNO2. The highest BCUT2D eigenvalue weighted by atomic mass is 35.5. The van der Waals surface area contributed by atoms with E-state index in [1.165, 1.54) is 0 Å². The molecule has 1 aliphatic heterocycles. The summed E-state index contributed by atoms with van der Waals surface area (Å²) < 4.78 is 12.2. The van der Waals surface area contributed by atoms with Crippen molar-refractivity contribution < 1.29 is 9.31 Å². The van der Waals surface area contributed by atoms with Crippen LogP contribution in [0.3, 0.4) is 0 Å². The van der Waals surface area contributed by atoms with Gasteiger partial charge in [0.25, 0.3) is 0 Å². The number of rotatable bonds is 3. The highest BCUT2D eigenvalue weighted by Gasteiger charge is 2.52. The van der Waals surface area contributed by atoms with Crippen molar-refractivity contribution in [3.05, 3.63) is 28.8 Å². The molecule has 0 saturated carbocycles. The van der Waals surface area contributed by atoms with E-state index in [2.05, 4.69) is 33.0 Å². The van der Waals surface area contributed by atoms with Crippen LogP contribution in [0.25, 0.3) is 0 Å². The van der Waals surface area contributed by atoms with E-state index in [0.717, 1.165) is 16.0 Å². The minimum atomic E-state index is -0.368. The molecule has 1 saturated heterocycles. The third-order valence-electron chi connectivity index (χ3n) is 4.02. The monoisotopic (exact) mass is 281 g/mol. The molecule has 1 fully saturated rings. The molecule has 19 heavy (non-hydrogen) atoms. The molecular weight excluding hydrogens is 260 g/mol. The summed E-state index contributed by atoms with van der Waals surface area (Å²) in [5.74, 6) is 0. The van der Waals surface area contributed by atoms with Gasteiger partial charge >= 0.3 is 7.12 Å². The van der Waals surface area contributed by atoms with Crippen LogP contribution in [-0.2, 0) is 15.9 Å². The maximum atomic E-state index is 6.28. The van der Waals surface area contributed by atoms with Crippen molar-refractivity contribution in [3.63, 3.8) is 0 Å². The molecule has 1 aromatic rings. The zero-order chi connectivity index (χ0) is 14.3. The first-order chi connectivity index (χ1) is 8.78.